The Morgan fingerprint density at radius 3 is 3.23 bits per heavy atom. The van der Waals surface area contributed by atoms with Crippen molar-refractivity contribution in [2.24, 2.45) is 0 Å². The van der Waals surface area contributed by atoms with E-state index in [9.17, 15) is 9.90 Å². The van der Waals surface area contributed by atoms with Gasteiger partial charge in [0.25, 0.3) is 0 Å². The maximum Gasteiger partial charge on any atom is 0.220 e. The summed E-state index contributed by atoms with van der Waals surface area (Å²) in [6.07, 6.45) is -10.1. The standard InChI is InChI=1S/C11H14O2/c1-2-3-5-9-6-4-7-10(12)11(13)8-9/h4,6-8H,2-3,5H2,1H3,(H,12,13)/i1D3,2D2,3D2,5D2. The Labute approximate surface area is 90.5 Å². The van der Waals surface area contributed by atoms with Crippen LogP contribution in [0.1, 0.15) is 37.5 Å². The highest BCUT2D eigenvalue weighted by atomic mass is 16.3. The predicted molar refractivity (Wildman–Crippen MR) is 53.0 cm³/mol. The van der Waals surface area contributed by atoms with Crippen LogP contribution in [0.5, 0.6) is 5.75 Å². The van der Waals surface area contributed by atoms with Crippen LogP contribution in [-0.2, 0) is 6.37 Å². The summed E-state index contributed by atoms with van der Waals surface area (Å²) < 4.78 is 67.3. The number of rotatable bonds is 3. The van der Waals surface area contributed by atoms with Gasteiger partial charge in [0, 0.05) is 12.3 Å². The zero-order chi connectivity index (χ0) is 17.6. The Hall–Kier alpha value is -1.31. The molecule has 0 saturated heterocycles. The van der Waals surface area contributed by atoms with Crippen LogP contribution >= 0.6 is 0 Å². The molecule has 70 valence electrons. The fourth-order valence-corrected chi connectivity index (χ4v) is 0.770. The van der Waals surface area contributed by atoms with E-state index in [0.717, 1.165) is 18.2 Å². The summed E-state index contributed by atoms with van der Waals surface area (Å²) in [6.45, 7) is -3.41. The van der Waals surface area contributed by atoms with Crippen molar-refractivity contribution < 1.29 is 17.4 Å². The molecule has 0 saturated carbocycles. The molecule has 0 heterocycles. The van der Waals surface area contributed by atoms with Crippen LogP contribution in [0.3, 0.4) is 0 Å². The predicted octanol–water partition coefficient (Wildman–Crippen LogP) is 2.09. The van der Waals surface area contributed by atoms with Gasteiger partial charge >= 0.3 is 0 Å². The highest BCUT2D eigenvalue weighted by molar-refractivity contribution is 5.23. The minimum atomic E-state index is -3.51. The van der Waals surface area contributed by atoms with Crippen molar-refractivity contribution in [3.05, 3.63) is 40.1 Å². The van der Waals surface area contributed by atoms with Crippen molar-refractivity contribution in [2.45, 2.75) is 26.0 Å². The first-order chi connectivity index (χ1) is 9.66. The van der Waals surface area contributed by atoms with E-state index < -0.39 is 42.7 Å². The maximum absolute atomic E-state index is 11.5. The van der Waals surface area contributed by atoms with E-state index >= 15 is 0 Å². The zero-order valence-corrected chi connectivity index (χ0v) is 6.66. The van der Waals surface area contributed by atoms with E-state index in [0.29, 0.717) is 6.07 Å². The molecule has 2 nitrogen and oxygen atoms in total. The minimum absolute atomic E-state index is 0.573. The highest BCUT2D eigenvalue weighted by Gasteiger charge is 1.95. The van der Waals surface area contributed by atoms with Gasteiger partial charge in [0.15, 0.2) is 5.75 Å². The van der Waals surface area contributed by atoms with Crippen LogP contribution in [0.2, 0.25) is 0 Å². The van der Waals surface area contributed by atoms with Crippen molar-refractivity contribution in [2.75, 3.05) is 0 Å². The van der Waals surface area contributed by atoms with Crippen molar-refractivity contribution in [3.8, 4) is 5.75 Å². The van der Waals surface area contributed by atoms with Crippen molar-refractivity contribution in [3.63, 3.8) is 0 Å². The smallest absolute Gasteiger partial charge is 0.220 e. The monoisotopic (exact) mass is 187 g/mol. The molecule has 1 aromatic rings. The van der Waals surface area contributed by atoms with E-state index in [1.165, 1.54) is 0 Å². The molecule has 0 bridgehead atoms. The fourth-order valence-electron chi connectivity index (χ4n) is 0.770. The van der Waals surface area contributed by atoms with Crippen molar-refractivity contribution in [1.82, 2.24) is 0 Å². The van der Waals surface area contributed by atoms with Gasteiger partial charge < -0.3 is 5.11 Å². The van der Waals surface area contributed by atoms with E-state index in [4.69, 9.17) is 12.3 Å². The second-order valence-electron chi connectivity index (χ2n) is 2.25. The Morgan fingerprint density at radius 2 is 2.46 bits per heavy atom. The van der Waals surface area contributed by atoms with Gasteiger partial charge in [-0.2, -0.15) is 0 Å². The van der Waals surface area contributed by atoms with E-state index in [1.54, 1.807) is 0 Å². The van der Waals surface area contributed by atoms with E-state index in [2.05, 4.69) is 0 Å². The quantitative estimate of drug-likeness (QED) is 0.786. The second kappa shape index (κ2) is 4.65. The minimum Gasteiger partial charge on any atom is -0.504 e. The van der Waals surface area contributed by atoms with Gasteiger partial charge in [-0.05, 0) is 30.4 Å². The molecule has 0 amide bonds. The number of hydrogen-bond donors (Lipinski definition) is 1. The molecule has 0 unspecified atom stereocenters. The third-order valence-electron chi connectivity index (χ3n) is 1.34. The molecule has 1 aromatic carbocycles. The molecular weight excluding hydrogens is 164 g/mol. The summed E-state index contributed by atoms with van der Waals surface area (Å²) in [5, 5.41) is 9.27. The van der Waals surface area contributed by atoms with Gasteiger partial charge in [0.2, 0.25) is 5.43 Å². The van der Waals surface area contributed by atoms with Gasteiger partial charge in [-0.25, -0.2) is 0 Å². The van der Waals surface area contributed by atoms with Gasteiger partial charge in [-0.3, -0.25) is 4.79 Å². The Balaban J connectivity index is 3.56. The van der Waals surface area contributed by atoms with Crippen LogP contribution in [0.15, 0.2) is 29.1 Å². The summed E-state index contributed by atoms with van der Waals surface area (Å²) in [5.74, 6) is -0.693. The van der Waals surface area contributed by atoms with Crippen LogP contribution in [0, 0.1) is 0 Å². The average Bonchev–Trinajstić information content (AvgIpc) is 2.50. The molecule has 1 rings (SSSR count). The van der Waals surface area contributed by atoms with E-state index in [1.807, 2.05) is 0 Å². The topological polar surface area (TPSA) is 37.3 Å². The molecule has 13 heavy (non-hydrogen) atoms. The summed E-state index contributed by atoms with van der Waals surface area (Å²) >= 11 is 0. The largest absolute Gasteiger partial charge is 0.504 e. The first-order valence-electron chi connectivity index (χ1n) is 8.00. The molecule has 0 aliphatic carbocycles. The molecule has 0 spiro atoms. The molecule has 0 radical (unpaired) electrons. The van der Waals surface area contributed by atoms with Crippen LogP contribution in [0.4, 0.5) is 0 Å². The van der Waals surface area contributed by atoms with Gasteiger partial charge in [-0.15, -0.1) is 0 Å². The lowest BCUT2D eigenvalue weighted by Gasteiger charge is -1.93. The van der Waals surface area contributed by atoms with Gasteiger partial charge in [0.05, 0.1) is 0 Å². The summed E-state index contributed by atoms with van der Waals surface area (Å²) in [4.78, 5) is 11.5. The van der Waals surface area contributed by atoms with Crippen LogP contribution < -0.4 is 5.43 Å². The van der Waals surface area contributed by atoms with Crippen LogP contribution in [0.25, 0.3) is 0 Å². The Kier molecular flexibility index (Phi) is 1.12. The lowest BCUT2D eigenvalue weighted by Crippen LogP contribution is -1.95. The lowest BCUT2D eigenvalue weighted by molar-refractivity contribution is 0.471. The maximum atomic E-state index is 11.5. The van der Waals surface area contributed by atoms with Gasteiger partial charge in [-0.1, -0.05) is 25.4 Å². The first-order valence-corrected chi connectivity index (χ1v) is 3.50. The fraction of sp³-hybridized carbons (Fsp3) is 0.364. The summed E-state index contributed by atoms with van der Waals surface area (Å²) in [6, 6.07) is 3.65. The molecule has 0 fully saturated rings. The van der Waals surface area contributed by atoms with Crippen molar-refractivity contribution in [1.29, 1.82) is 0 Å². The van der Waals surface area contributed by atoms with Crippen LogP contribution in [-0.4, -0.2) is 5.11 Å². The number of aromatic hydroxyl groups is 1. The van der Waals surface area contributed by atoms with E-state index in [-0.39, 0.29) is 0 Å². The molecule has 2 heteroatoms. The third-order valence-corrected chi connectivity index (χ3v) is 1.34. The normalized spacial score (nSPS) is 24.5. The number of aryl methyl sites for hydroxylation is 1. The highest BCUT2D eigenvalue weighted by Crippen LogP contribution is 2.04. The Bertz CT molecular complexity index is 622. The third kappa shape index (κ3) is 2.90. The summed E-state index contributed by atoms with van der Waals surface area (Å²) in [7, 11) is 0. The molecule has 0 aromatic heterocycles. The first kappa shape index (κ1) is 3.12. The molecular formula is C11H14O2. The van der Waals surface area contributed by atoms with Gasteiger partial charge in [0.1, 0.15) is 0 Å². The molecule has 0 aliphatic rings. The average molecular weight is 187 g/mol. The summed E-state index contributed by atoms with van der Waals surface area (Å²) in [5.41, 5.74) is -1.56. The Morgan fingerprint density at radius 1 is 1.62 bits per heavy atom. The van der Waals surface area contributed by atoms with Crippen molar-refractivity contribution >= 4 is 0 Å². The molecule has 0 atom stereocenters. The second-order valence-corrected chi connectivity index (χ2v) is 2.25. The molecule has 1 N–H and O–H groups in total. The number of hydrogen-bond acceptors (Lipinski definition) is 2. The zero-order valence-electron chi connectivity index (χ0n) is 15.7. The molecule has 0 aliphatic heterocycles. The SMILES string of the molecule is [2H]C([2H])([2H])C([2H])([2H])C([2H])([2H])C([2H])([2H])c1cccc(O)c(=O)c1. The lowest BCUT2D eigenvalue weighted by atomic mass is 10.1.